The Morgan fingerprint density at radius 1 is 0.515 bits per heavy atom. The quantitative estimate of drug-likeness (QED) is 0.0282. The van der Waals surface area contributed by atoms with Crippen LogP contribution < -0.4 is 11.1 Å². The normalized spacial score (nSPS) is 24.8. The number of nitrogens with one attached hydrogen (secondary N) is 1. The first kappa shape index (κ1) is 88.1. The number of carbonyl (C=O) groups is 7. The van der Waals surface area contributed by atoms with Crippen molar-refractivity contribution >= 4 is 48.3 Å². The topological polar surface area (TPSA) is 414 Å². The molecule has 3 heterocycles. The van der Waals surface area contributed by atoms with Crippen LogP contribution in [0.3, 0.4) is 0 Å². The summed E-state index contributed by atoms with van der Waals surface area (Å²) in [6, 6.07) is -0.447. The number of amides is 2. The average Bonchev–Trinajstić information content (AvgIpc) is 1.63. The third kappa shape index (κ3) is 38.1. The van der Waals surface area contributed by atoms with Crippen LogP contribution in [-0.4, -0.2) is 247 Å². The number of hydrogen-bond donors (Lipinski definition) is 10. The van der Waals surface area contributed by atoms with Gasteiger partial charge >= 0.3 is 7.60 Å². The molecule has 0 radical (unpaired) electrons. The van der Waals surface area contributed by atoms with Gasteiger partial charge in [-0.3, -0.25) is 38.1 Å². The molecule has 564 valence electrons. The highest BCUT2D eigenvalue weighted by Gasteiger charge is 2.44. The van der Waals surface area contributed by atoms with Crippen molar-refractivity contribution < 1.29 is 116 Å². The fourth-order valence-corrected chi connectivity index (χ4v) is 12.6. The van der Waals surface area contributed by atoms with Crippen molar-refractivity contribution in [3.63, 3.8) is 0 Å². The van der Waals surface area contributed by atoms with Gasteiger partial charge in [0.05, 0.1) is 83.8 Å². The average molecular weight is 1410 g/mol. The molecule has 27 nitrogen and oxygen atoms in total. The van der Waals surface area contributed by atoms with Crippen LogP contribution in [0.2, 0.25) is 0 Å². The largest absolute Gasteiger partial charge is 0.394 e. The minimum Gasteiger partial charge on any atom is -0.394 e. The van der Waals surface area contributed by atoms with Crippen LogP contribution in [0.5, 0.6) is 0 Å². The lowest BCUT2D eigenvalue weighted by atomic mass is 9.83. The van der Waals surface area contributed by atoms with Crippen LogP contribution in [0, 0.1) is 17.3 Å². The van der Waals surface area contributed by atoms with Crippen molar-refractivity contribution in [3.05, 3.63) is 0 Å². The summed E-state index contributed by atoms with van der Waals surface area (Å²) < 4.78 is 57.9. The molecule has 0 aromatic rings. The van der Waals surface area contributed by atoms with Crippen LogP contribution in [-0.2, 0) is 75.8 Å². The van der Waals surface area contributed by atoms with Gasteiger partial charge in [0.15, 0.2) is 12.6 Å². The van der Waals surface area contributed by atoms with Gasteiger partial charge in [0.1, 0.15) is 53.3 Å². The molecular weight excluding hydrogens is 1290 g/mol. The van der Waals surface area contributed by atoms with Gasteiger partial charge in [-0.1, -0.05) is 65.2 Å². The number of nitrogens with two attached hydrogens (primary N) is 1. The van der Waals surface area contributed by atoms with Gasteiger partial charge in [0.25, 0.3) is 0 Å². The molecule has 0 saturated carbocycles. The third-order valence-electron chi connectivity index (χ3n) is 18.3. The van der Waals surface area contributed by atoms with Crippen molar-refractivity contribution in [3.8, 4) is 0 Å². The van der Waals surface area contributed by atoms with Gasteiger partial charge in [0.2, 0.25) is 11.8 Å². The van der Waals surface area contributed by atoms with E-state index >= 15 is 0 Å². The number of Topliss-reactive ketones (excluding diaryl/α,β-unsaturated/α-hetero) is 5. The Balaban J connectivity index is 1.48. The van der Waals surface area contributed by atoms with Crippen LogP contribution in [0.4, 0.5) is 0 Å². The van der Waals surface area contributed by atoms with Crippen molar-refractivity contribution in [2.75, 3.05) is 99.0 Å². The van der Waals surface area contributed by atoms with E-state index in [1.54, 1.807) is 18.7 Å². The van der Waals surface area contributed by atoms with E-state index in [0.29, 0.717) is 154 Å². The molecule has 11 unspecified atom stereocenters. The molecule has 0 aromatic carbocycles. The Kier molecular flexibility index (Phi) is 46.4. The predicted octanol–water partition coefficient (Wildman–Crippen LogP) is 5.01. The van der Waals surface area contributed by atoms with Gasteiger partial charge in [0, 0.05) is 127 Å². The highest BCUT2D eigenvalue weighted by molar-refractivity contribution is 7.51. The first-order valence-corrected chi connectivity index (χ1v) is 38.1. The number of likely N-dealkylation sites (tertiary alicyclic amines) is 1. The van der Waals surface area contributed by atoms with E-state index in [1.165, 1.54) is 0 Å². The molecule has 0 bridgehead atoms. The number of hydrogen-bond acceptors (Lipinski definition) is 24. The van der Waals surface area contributed by atoms with Gasteiger partial charge in [-0.25, -0.2) is 0 Å². The lowest BCUT2D eigenvalue weighted by molar-refractivity contribution is -0.282. The van der Waals surface area contributed by atoms with Crippen LogP contribution in [0.15, 0.2) is 0 Å². The van der Waals surface area contributed by atoms with Crippen molar-refractivity contribution in [2.24, 2.45) is 23.0 Å². The Labute approximate surface area is 575 Å². The fraction of sp³-hybridized carbons (Fsp3) is 0.899. The van der Waals surface area contributed by atoms with Crippen molar-refractivity contribution in [1.82, 2.24) is 10.2 Å². The number of aliphatic hydroxyl groups is 7. The summed E-state index contributed by atoms with van der Waals surface area (Å²) in [5.41, 5.74) is 4.57. The van der Waals surface area contributed by atoms with E-state index in [0.717, 1.165) is 45.2 Å². The molecule has 0 aromatic heterocycles. The lowest BCUT2D eigenvalue weighted by Gasteiger charge is -2.40. The van der Waals surface area contributed by atoms with Crippen LogP contribution >= 0.6 is 7.60 Å². The number of aliphatic hydroxyl groups excluding tert-OH is 7. The molecule has 0 aliphatic carbocycles. The molecule has 3 saturated heterocycles. The molecule has 13 atom stereocenters. The number of unbranched alkanes of at least 4 members (excludes halogenated alkanes) is 13. The first-order chi connectivity index (χ1) is 46.4. The number of nitrogens with zero attached hydrogens (tertiary/aromatic N) is 1. The molecule has 97 heavy (non-hydrogen) atoms. The number of β-amino-alcohol motifs (C(OH)–C–C–N with tert-alkyl or cyclic N) is 1. The highest BCUT2D eigenvalue weighted by atomic mass is 31.2. The maximum absolute atomic E-state index is 14.0. The molecule has 28 heteroatoms. The van der Waals surface area contributed by atoms with Crippen molar-refractivity contribution in [1.29, 1.82) is 0 Å². The molecule has 2 amide bonds. The Hall–Kier alpha value is -3.16. The summed E-state index contributed by atoms with van der Waals surface area (Å²) in [5.74, 6) is -1.16. The van der Waals surface area contributed by atoms with E-state index in [1.807, 2.05) is 0 Å². The molecule has 3 aliphatic rings. The van der Waals surface area contributed by atoms with Crippen LogP contribution in [0.1, 0.15) is 219 Å². The zero-order valence-corrected chi connectivity index (χ0v) is 59.4. The molecule has 11 N–H and O–H groups in total. The monoisotopic (exact) mass is 1410 g/mol. The van der Waals surface area contributed by atoms with E-state index in [2.05, 4.69) is 5.32 Å². The predicted molar refractivity (Wildman–Crippen MR) is 359 cm³/mol. The maximum atomic E-state index is 14.0. The molecule has 3 rings (SSSR count). The number of carbonyl (C=O) groups excluding carboxylic acids is 7. The van der Waals surface area contributed by atoms with Gasteiger partial charge < -0.3 is 94.3 Å². The second kappa shape index (κ2) is 51.1. The standard InChI is InChI=1S/C69H124N3O24P/c1-50-63(83)65(85)59(44-73)95-67(50)92-36-20-18-27-53(75)23-13-10-15-25-55(77)31-38-89-47-69(49-91-40-33-61(81)71-35-22-34-70,42-57(79)29-12-8-6-4-5-7-9-17-30-62(82)72-43-58(80)41-52(72)46-94-97(3,87)88)48-90-39-32-56(78)26-16-11-14-24-54(76)28-19-21-37-93-68-51(2)64(84)66(86)60(45-74)96-68/h50-52,58-60,63-68,73-74,80,83-86H,4-49,70H2,1-3H3,(H,71,81)(H,87,88)/t50?,51?,52-,58+,59?,60?,63?,64?,65?,66?,67?,68?,69?/m0/s1. The summed E-state index contributed by atoms with van der Waals surface area (Å²) in [4.78, 5) is 102. The minimum atomic E-state index is -3.72. The fourth-order valence-electron chi connectivity index (χ4n) is 12.2. The zero-order valence-electron chi connectivity index (χ0n) is 58.5. The second-order valence-corrected chi connectivity index (χ2v) is 29.1. The zero-order chi connectivity index (χ0) is 71.4. The van der Waals surface area contributed by atoms with Gasteiger partial charge in [-0.2, -0.15) is 0 Å². The maximum Gasteiger partial charge on any atom is 0.325 e. The first-order valence-electron chi connectivity index (χ1n) is 36.1. The van der Waals surface area contributed by atoms with E-state index in [9.17, 15) is 78.8 Å². The van der Waals surface area contributed by atoms with E-state index in [-0.39, 0.29) is 132 Å². The highest BCUT2D eigenvalue weighted by Crippen LogP contribution is 2.38. The summed E-state index contributed by atoms with van der Waals surface area (Å²) in [5, 5.41) is 72.6. The van der Waals surface area contributed by atoms with Gasteiger partial charge in [-0.15, -0.1) is 0 Å². The summed E-state index contributed by atoms with van der Waals surface area (Å²) in [7, 11) is -3.72. The SMILES string of the molecule is CC1C(OCCCCC(=O)CCCCCC(=O)CCOCC(COCCC(=O)CCCCCC(=O)CCCCOC2OC(CO)C(O)C(O)C2C)(COCCC(=O)NCCCN)CC(=O)CCCCCCCCCCC(=O)N2C[C@H](O)C[C@H]2COP(C)(=O)O)OC(CO)C(O)C1O. The smallest absolute Gasteiger partial charge is 0.325 e. The van der Waals surface area contributed by atoms with Gasteiger partial charge in [-0.05, 0) is 83.6 Å². The number of ether oxygens (including phenoxy) is 7. The Morgan fingerprint density at radius 2 is 0.897 bits per heavy atom. The summed E-state index contributed by atoms with van der Waals surface area (Å²) in [6.07, 6.45) is 8.17. The molecular formula is C69H124N3O24P. The number of rotatable bonds is 60. The Bertz CT molecular complexity index is 2170. The van der Waals surface area contributed by atoms with Crippen LogP contribution in [0.25, 0.3) is 0 Å². The molecule has 3 fully saturated rings. The second-order valence-electron chi connectivity index (χ2n) is 27.2. The van der Waals surface area contributed by atoms with E-state index in [4.69, 9.17) is 43.4 Å². The minimum absolute atomic E-state index is 0.00205. The molecule has 0 spiro atoms. The Morgan fingerprint density at radius 3 is 1.32 bits per heavy atom. The van der Waals surface area contributed by atoms with E-state index < -0.39 is 99.4 Å². The summed E-state index contributed by atoms with van der Waals surface area (Å²) >= 11 is 0. The summed E-state index contributed by atoms with van der Waals surface area (Å²) in [6.45, 7) is 5.24. The van der Waals surface area contributed by atoms with Crippen molar-refractivity contribution in [2.45, 2.75) is 281 Å². The number of ketones is 5. The molecule has 3 aliphatic heterocycles. The lowest BCUT2D eigenvalue weighted by Crippen LogP contribution is -2.55. The third-order valence-corrected chi connectivity index (χ3v) is 18.9.